The van der Waals surface area contributed by atoms with Crippen molar-refractivity contribution in [2.75, 3.05) is 0 Å². The summed E-state index contributed by atoms with van der Waals surface area (Å²) in [6.07, 6.45) is 1.74. The summed E-state index contributed by atoms with van der Waals surface area (Å²) in [7, 11) is 0. The quantitative estimate of drug-likeness (QED) is 0.856. The number of nitrogens with zero attached hydrogens (tertiary/aromatic N) is 1. The van der Waals surface area contributed by atoms with Crippen LogP contribution in [0, 0.1) is 0 Å². The van der Waals surface area contributed by atoms with Gasteiger partial charge in [-0.3, -0.25) is 5.10 Å². The van der Waals surface area contributed by atoms with Crippen molar-refractivity contribution >= 4 is 0 Å². The summed E-state index contributed by atoms with van der Waals surface area (Å²) in [6, 6.07) is 6.03. The van der Waals surface area contributed by atoms with Gasteiger partial charge >= 0.3 is 0 Å². The molecule has 2 N–H and O–H groups in total. The van der Waals surface area contributed by atoms with Crippen LogP contribution in [0.25, 0.3) is 11.3 Å². The molecule has 3 nitrogen and oxygen atoms in total. The van der Waals surface area contributed by atoms with E-state index in [9.17, 15) is 5.11 Å². The first kappa shape index (κ1) is 12.7. The Bertz CT molecular complexity index is 498. The highest BCUT2D eigenvalue weighted by molar-refractivity contribution is 5.64. The van der Waals surface area contributed by atoms with E-state index in [0.29, 0.717) is 17.6 Å². The molecule has 2 aromatic rings. The molecule has 0 unspecified atom stereocenters. The normalized spacial score (nSPS) is 11.4. The molecule has 96 valence electrons. The molecule has 0 radical (unpaired) electrons. The van der Waals surface area contributed by atoms with Gasteiger partial charge in [0, 0.05) is 11.8 Å². The van der Waals surface area contributed by atoms with Crippen molar-refractivity contribution in [3.8, 4) is 17.0 Å². The van der Waals surface area contributed by atoms with Gasteiger partial charge in [0.1, 0.15) is 5.75 Å². The molecule has 0 fully saturated rings. The molecule has 0 amide bonds. The molecule has 0 aliphatic heterocycles. The monoisotopic (exact) mass is 244 g/mol. The van der Waals surface area contributed by atoms with Crippen LogP contribution in [0.3, 0.4) is 0 Å². The molecule has 0 saturated heterocycles. The lowest BCUT2D eigenvalue weighted by Gasteiger charge is -2.17. The summed E-state index contributed by atoms with van der Waals surface area (Å²) in [4.78, 5) is 0. The molecular weight excluding hydrogens is 224 g/mol. The second kappa shape index (κ2) is 4.84. The Morgan fingerprint density at radius 2 is 1.61 bits per heavy atom. The summed E-state index contributed by atoms with van der Waals surface area (Å²) in [6.45, 7) is 8.37. The van der Waals surface area contributed by atoms with E-state index in [0.717, 1.165) is 22.4 Å². The van der Waals surface area contributed by atoms with Gasteiger partial charge in [-0.2, -0.15) is 5.10 Å². The number of rotatable bonds is 3. The molecule has 0 aliphatic carbocycles. The Kier molecular flexibility index (Phi) is 3.41. The summed E-state index contributed by atoms with van der Waals surface area (Å²) in [5.41, 5.74) is 4.05. The molecule has 3 heteroatoms. The number of hydrogen-bond donors (Lipinski definition) is 2. The van der Waals surface area contributed by atoms with Crippen LogP contribution in [0.4, 0.5) is 0 Å². The van der Waals surface area contributed by atoms with Crippen molar-refractivity contribution in [3.05, 3.63) is 35.5 Å². The SMILES string of the molecule is CC(C)c1cc(-c2ccn[nH]2)cc(C(C)C)c1O. The van der Waals surface area contributed by atoms with Crippen molar-refractivity contribution in [1.29, 1.82) is 0 Å². The van der Waals surface area contributed by atoms with Gasteiger partial charge in [0.05, 0.1) is 5.69 Å². The number of aromatic amines is 1. The molecule has 1 aromatic carbocycles. The Labute approximate surface area is 108 Å². The summed E-state index contributed by atoms with van der Waals surface area (Å²) in [5, 5.41) is 17.3. The van der Waals surface area contributed by atoms with Gasteiger partial charge in [0.15, 0.2) is 0 Å². The zero-order chi connectivity index (χ0) is 13.3. The van der Waals surface area contributed by atoms with Crippen LogP contribution in [0.2, 0.25) is 0 Å². The number of nitrogens with one attached hydrogen (secondary N) is 1. The van der Waals surface area contributed by atoms with E-state index in [1.807, 2.05) is 18.2 Å². The smallest absolute Gasteiger partial charge is 0.122 e. The lowest BCUT2D eigenvalue weighted by atomic mass is 9.91. The van der Waals surface area contributed by atoms with Crippen molar-refractivity contribution in [2.24, 2.45) is 0 Å². The van der Waals surface area contributed by atoms with Crippen molar-refractivity contribution in [2.45, 2.75) is 39.5 Å². The van der Waals surface area contributed by atoms with E-state index in [4.69, 9.17) is 0 Å². The van der Waals surface area contributed by atoms with Gasteiger partial charge in [-0.05, 0) is 41.2 Å². The number of H-pyrrole nitrogens is 1. The third-order valence-corrected chi connectivity index (χ3v) is 3.22. The number of phenolic OH excluding ortho intramolecular Hbond substituents is 1. The van der Waals surface area contributed by atoms with Crippen LogP contribution in [0.15, 0.2) is 24.4 Å². The van der Waals surface area contributed by atoms with Crippen LogP contribution < -0.4 is 0 Å². The number of hydrogen-bond acceptors (Lipinski definition) is 2. The minimum absolute atomic E-state index is 0.297. The third kappa shape index (κ3) is 2.26. The standard InChI is InChI=1S/C15H20N2O/c1-9(2)12-7-11(14-5-6-16-17-14)8-13(10(3)4)15(12)18/h5-10,18H,1-4H3,(H,16,17). The number of aromatic hydroxyl groups is 1. The Morgan fingerprint density at radius 3 is 2.00 bits per heavy atom. The maximum Gasteiger partial charge on any atom is 0.122 e. The summed E-state index contributed by atoms with van der Waals surface area (Å²) >= 11 is 0. The molecule has 1 aromatic heterocycles. The van der Waals surface area contributed by atoms with E-state index >= 15 is 0 Å². The number of aromatic nitrogens is 2. The summed E-state index contributed by atoms with van der Waals surface area (Å²) in [5.74, 6) is 1.03. The predicted octanol–water partition coefficient (Wildman–Crippen LogP) is 4.03. The summed E-state index contributed by atoms with van der Waals surface area (Å²) < 4.78 is 0. The first-order chi connectivity index (χ1) is 8.50. The van der Waals surface area contributed by atoms with Gasteiger partial charge in [-0.15, -0.1) is 0 Å². The zero-order valence-corrected chi connectivity index (χ0v) is 11.4. The molecule has 1 heterocycles. The number of phenols is 1. The number of benzene rings is 1. The lowest BCUT2D eigenvalue weighted by Crippen LogP contribution is -1.97. The average Bonchev–Trinajstić information content (AvgIpc) is 2.82. The molecular formula is C15H20N2O. The van der Waals surface area contributed by atoms with Gasteiger partial charge < -0.3 is 5.11 Å². The Morgan fingerprint density at radius 1 is 1.06 bits per heavy atom. The van der Waals surface area contributed by atoms with Crippen molar-refractivity contribution in [1.82, 2.24) is 10.2 Å². The molecule has 0 atom stereocenters. The van der Waals surface area contributed by atoms with Crippen molar-refractivity contribution < 1.29 is 5.11 Å². The van der Waals surface area contributed by atoms with Crippen LogP contribution in [-0.2, 0) is 0 Å². The van der Waals surface area contributed by atoms with Gasteiger partial charge in [0.25, 0.3) is 0 Å². The van der Waals surface area contributed by atoms with Gasteiger partial charge in [-0.1, -0.05) is 27.7 Å². The molecule has 0 bridgehead atoms. The fourth-order valence-corrected chi connectivity index (χ4v) is 2.13. The Hall–Kier alpha value is -1.77. The van der Waals surface area contributed by atoms with Crippen molar-refractivity contribution in [3.63, 3.8) is 0 Å². The first-order valence-corrected chi connectivity index (χ1v) is 6.37. The molecule has 2 rings (SSSR count). The topological polar surface area (TPSA) is 48.9 Å². The average molecular weight is 244 g/mol. The predicted molar refractivity (Wildman–Crippen MR) is 73.9 cm³/mol. The largest absolute Gasteiger partial charge is 0.507 e. The van der Waals surface area contributed by atoms with Gasteiger partial charge in [-0.25, -0.2) is 0 Å². The maximum atomic E-state index is 10.3. The first-order valence-electron chi connectivity index (χ1n) is 6.37. The highest BCUT2D eigenvalue weighted by Crippen LogP contribution is 2.37. The molecule has 18 heavy (non-hydrogen) atoms. The second-order valence-electron chi connectivity index (χ2n) is 5.28. The third-order valence-electron chi connectivity index (χ3n) is 3.22. The maximum absolute atomic E-state index is 10.3. The lowest BCUT2D eigenvalue weighted by molar-refractivity contribution is 0.454. The zero-order valence-electron chi connectivity index (χ0n) is 11.4. The van der Waals surface area contributed by atoms with Crippen LogP contribution in [0.1, 0.15) is 50.7 Å². The highest BCUT2D eigenvalue weighted by Gasteiger charge is 2.16. The van der Waals surface area contributed by atoms with E-state index in [1.165, 1.54) is 0 Å². The molecule has 0 saturated carbocycles. The Balaban J connectivity index is 2.62. The fourth-order valence-electron chi connectivity index (χ4n) is 2.13. The fraction of sp³-hybridized carbons (Fsp3) is 0.400. The van der Waals surface area contributed by atoms with Gasteiger partial charge in [0.2, 0.25) is 0 Å². The minimum atomic E-state index is 0.297. The van der Waals surface area contributed by atoms with E-state index in [1.54, 1.807) is 6.20 Å². The minimum Gasteiger partial charge on any atom is -0.507 e. The molecule has 0 spiro atoms. The second-order valence-corrected chi connectivity index (χ2v) is 5.28. The molecule has 0 aliphatic rings. The van der Waals surface area contributed by atoms with E-state index < -0.39 is 0 Å². The van der Waals surface area contributed by atoms with Crippen LogP contribution in [-0.4, -0.2) is 15.3 Å². The van der Waals surface area contributed by atoms with E-state index in [2.05, 4.69) is 37.9 Å². The van der Waals surface area contributed by atoms with E-state index in [-0.39, 0.29) is 0 Å². The van der Waals surface area contributed by atoms with Crippen LogP contribution in [0.5, 0.6) is 5.75 Å². The van der Waals surface area contributed by atoms with Crippen LogP contribution >= 0.6 is 0 Å². The highest BCUT2D eigenvalue weighted by atomic mass is 16.3.